The van der Waals surface area contributed by atoms with Crippen molar-refractivity contribution in [2.24, 2.45) is 34.8 Å². The molecule has 3 saturated carbocycles. The molecule has 0 heterocycles. The smallest absolute Gasteiger partial charge is 0.310 e. The summed E-state index contributed by atoms with van der Waals surface area (Å²) in [6.07, 6.45) is 3.19. The fourth-order valence-corrected chi connectivity index (χ4v) is 4.47. The van der Waals surface area contributed by atoms with E-state index in [0.717, 1.165) is 19.3 Å². The minimum Gasteiger partial charge on any atom is -0.462 e. The van der Waals surface area contributed by atoms with E-state index in [2.05, 4.69) is 10.5 Å². The van der Waals surface area contributed by atoms with E-state index in [1.54, 1.807) is 0 Å². The molecule has 0 amide bonds. The highest BCUT2D eigenvalue weighted by molar-refractivity contribution is 5.82. The van der Waals surface area contributed by atoms with E-state index in [1.165, 1.54) is 7.05 Å². The number of ether oxygens (including phenoxy) is 3. The van der Waals surface area contributed by atoms with Gasteiger partial charge in [0.25, 0.3) is 6.47 Å². The second-order valence-electron chi connectivity index (χ2n) is 11.7. The first-order valence-corrected chi connectivity index (χ1v) is 11.1. The maximum absolute atomic E-state index is 12.5. The Balaban J connectivity index is 0.000000457. The number of hydrogen-bond acceptors (Lipinski definition) is 7. The molecule has 0 aromatic rings. The third-order valence-electron chi connectivity index (χ3n) is 5.56. The molecular weight excluding hydrogens is 398 g/mol. The van der Waals surface area contributed by atoms with E-state index in [4.69, 9.17) is 9.47 Å². The molecule has 4 atom stereocenters. The quantitative estimate of drug-likeness (QED) is 0.403. The third kappa shape index (κ3) is 7.78. The molecule has 0 bridgehead atoms. The first-order chi connectivity index (χ1) is 14.0. The van der Waals surface area contributed by atoms with E-state index in [9.17, 15) is 14.4 Å². The molecule has 3 rings (SSSR count). The lowest BCUT2D eigenvalue weighted by atomic mass is 9.91. The van der Waals surface area contributed by atoms with Crippen molar-refractivity contribution in [1.82, 2.24) is 0 Å². The molecule has 180 valence electrons. The van der Waals surface area contributed by atoms with Gasteiger partial charge in [-0.2, -0.15) is 0 Å². The lowest BCUT2D eigenvalue weighted by molar-refractivity contribution is -0.162. The van der Waals surface area contributed by atoms with Crippen LogP contribution in [0.4, 0.5) is 0 Å². The summed E-state index contributed by atoms with van der Waals surface area (Å²) in [5, 5.41) is 0. The van der Waals surface area contributed by atoms with Gasteiger partial charge in [-0.1, -0.05) is 0 Å². The van der Waals surface area contributed by atoms with E-state index >= 15 is 0 Å². The van der Waals surface area contributed by atoms with E-state index in [-0.39, 0.29) is 40.7 Å². The average molecular weight is 442 g/mol. The standard InChI is InChI=1S/C18H28O4.C5H10O2.CH5N/c1-16(2,3)21-14(19)10-9-18(7-8-18)13-11(10)12(13)15(20)22-17(4,5)6;1-5(2,3)7-4-6;1-2/h10-13H,7-9H2,1-6H3;4H,1-3H3;2H2,1H3. The lowest BCUT2D eigenvalue weighted by Gasteiger charge is -2.25. The van der Waals surface area contributed by atoms with Crippen LogP contribution in [0.2, 0.25) is 0 Å². The second kappa shape index (κ2) is 9.47. The molecule has 3 aliphatic rings. The Bertz CT molecular complexity index is 648. The molecule has 7 heteroatoms. The Morgan fingerprint density at radius 3 is 1.61 bits per heavy atom. The number of hydrogen-bond donors (Lipinski definition) is 1. The van der Waals surface area contributed by atoms with Gasteiger partial charge < -0.3 is 19.9 Å². The summed E-state index contributed by atoms with van der Waals surface area (Å²) in [5.41, 5.74) is 3.48. The summed E-state index contributed by atoms with van der Waals surface area (Å²) >= 11 is 0. The van der Waals surface area contributed by atoms with Crippen LogP contribution in [-0.4, -0.2) is 42.3 Å². The SMILES string of the molecule is CC(C)(C)OC(=O)C1CC2(CC2)C2C(C(=O)OC(C)(C)C)C12.CC(C)(C)OC=O.CN. The molecule has 31 heavy (non-hydrogen) atoms. The van der Waals surface area contributed by atoms with Gasteiger partial charge in [0.15, 0.2) is 0 Å². The molecule has 0 aliphatic heterocycles. The molecule has 2 N–H and O–H groups in total. The molecule has 4 unspecified atom stereocenters. The Morgan fingerprint density at radius 2 is 1.29 bits per heavy atom. The Kier molecular flexibility index (Phi) is 8.37. The zero-order chi connectivity index (χ0) is 24.4. The van der Waals surface area contributed by atoms with E-state index in [1.807, 2.05) is 62.3 Å². The molecular formula is C24H43NO6. The van der Waals surface area contributed by atoms with Gasteiger partial charge in [0.2, 0.25) is 0 Å². The van der Waals surface area contributed by atoms with Crippen LogP contribution in [0.5, 0.6) is 0 Å². The van der Waals surface area contributed by atoms with Crippen molar-refractivity contribution in [1.29, 1.82) is 0 Å². The van der Waals surface area contributed by atoms with Crippen LogP contribution in [-0.2, 0) is 28.6 Å². The van der Waals surface area contributed by atoms with Gasteiger partial charge in [0.05, 0.1) is 11.8 Å². The molecule has 3 fully saturated rings. The summed E-state index contributed by atoms with van der Waals surface area (Å²) in [5.74, 6) is 0.0312. The highest BCUT2D eigenvalue weighted by Gasteiger charge is 2.77. The number of nitrogens with two attached hydrogens (primary N) is 1. The van der Waals surface area contributed by atoms with Gasteiger partial charge in [-0.25, -0.2) is 0 Å². The summed E-state index contributed by atoms with van der Waals surface area (Å²) in [6.45, 7) is 17.3. The first kappa shape index (κ1) is 27.4. The van der Waals surface area contributed by atoms with Gasteiger partial charge in [-0.15, -0.1) is 0 Å². The normalized spacial score (nSPS) is 27.5. The summed E-state index contributed by atoms with van der Waals surface area (Å²) in [4.78, 5) is 34.5. The number of carbonyl (C=O) groups is 3. The third-order valence-corrected chi connectivity index (χ3v) is 5.56. The van der Waals surface area contributed by atoms with Crippen molar-refractivity contribution in [3.05, 3.63) is 0 Å². The fraction of sp³-hybridized carbons (Fsp3) is 0.875. The largest absolute Gasteiger partial charge is 0.462 e. The van der Waals surface area contributed by atoms with Crippen LogP contribution in [0.1, 0.15) is 81.6 Å². The maximum atomic E-state index is 12.5. The highest BCUT2D eigenvalue weighted by Crippen LogP contribution is 2.78. The number of fused-ring (bicyclic) bond motifs is 2. The van der Waals surface area contributed by atoms with Crippen molar-refractivity contribution < 1.29 is 28.6 Å². The van der Waals surface area contributed by atoms with Gasteiger partial charge in [-0.05, 0) is 106 Å². The molecule has 0 saturated heterocycles. The van der Waals surface area contributed by atoms with Crippen molar-refractivity contribution in [2.45, 2.75) is 98.4 Å². The van der Waals surface area contributed by atoms with Crippen molar-refractivity contribution in [2.75, 3.05) is 7.05 Å². The average Bonchev–Trinajstić information content (AvgIpc) is 3.42. The van der Waals surface area contributed by atoms with Crippen molar-refractivity contribution in [3.63, 3.8) is 0 Å². The molecule has 1 spiro atoms. The summed E-state index contributed by atoms with van der Waals surface area (Å²) in [6, 6.07) is 0. The number of rotatable bonds is 3. The summed E-state index contributed by atoms with van der Waals surface area (Å²) in [7, 11) is 1.50. The monoisotopic (exact) mass is 441 g/mol. The predicted molar refractivity (Wildman–Crippen MR) is 119 cm³/mol. The first-order valence-electron chi connectivity index (χ1n) is 11.1. The van der Waals surface area contributed by atoms with Gasteiger partial charge >= 0.3 is 11.9 Å². The van der Waals surface area contributed by atoms with E-state index < -0.39 is 11.2 Å². The van der Waals surface area contributed by atoms with Gasteiger partial charge in [-0.3, -0.25) is 14.4 Å². The Morgan fingerprint density at radius 1 is 0.839 bits per heavy atom. The topological polar surface area (TPSA) is 105 Å². The molecule has 0 aromatic carbocycles. The second-order valence-corrected chi connectivity index (χ2v) is 11.7. The van der Waals surface area contributed by atoms with Crippen LogP contribution >= 0.6 is 0 Å². The van der Waals surface area contributed by atoms with Gasteiger partial charge in [0, 0.05) is 0 Å². The van der Waals surface area contributed by atoms with Crippen LogP contribution in [0.3, 0.4) is 0 Å². The van der Waals surface area contributed by atoms with Crippen LogP contribution in [0, 0.1) is 29.1 Å². The molecule has 3 aliphatic carbocycles. The van der Waals surface area contributed by atoms with Crippen LogP contribution in [0.25, 0.3) is 0 Å². The predicted octanol–water partition coefficient (Wildman–Crippen LogP) is 3.86. The zero-order valence-electron chi connectivity index (χ0n) is 21.0. The Labute approximate surface area is 187 Å². The molecule has 0 radical (unpaired) electrons. The van der Waals surface area contributed by atoms with Crippen molar-refractivity contribution in [3.8, 4) is 0 Å². The Hall–Kier alpha value is -1.63. The minimum atomic E-state index is -0.470. The molecule has 0 aromatic heterocycles. The van der Waals surface area contributed by atoms with Crippen LogP contribution < -0.4 is 5.73 Å². The highest BCUT2D eigenvalue weighted by atomic mass is 16.6. The fourth-order valence-electron chi connectivity index (χ4n) is 4.47. The molecule has 7 nitrogen and oxygen atoms in total. The summed E-state index contributed by atoms with van der Waals surface area (Å²) < 4.78 is 15.7. The minimum absolute atomic E-state index is 0.0898. The van der Waals surface area contributed by atoms with E-state index in [0.29, 0.717) is 12.4 Å². The lowest BCUT2D eigenvalue weighted by Crippen LogP contribution is -2.32. The van der Waals surface area contributed by atoms with Gasteiger partial charge in [0.1, 0.15) is 16.8 Å². The number of esters is 2. The van der Waals surface area contributed by atoms with Crippen molar-refractivity contribution >= 4 is 18.4 Å². The number of carbonyl (C=O) groups excluding carboxylic acids is 3. The van der Waals surface area contributed by atoms with Crippen LogP contribution in [0.15, 0.2) is 0 Å². The maximum Gasteiger partial charge on any atom is 0.310 e. The zero-order valence-corrected chi connectivity index (χ0v) is 21.0.